The first-order valence-electron chi connectivity index (χ1n) is 6.07. The molecule has 1 saturated heterocycles. The van der Waals surface area contributed by atoms with Gasteiger partial charge in [0.05, 0.1) is 6.54 Å². The van der Waals surface area contributed by atoms with Crippen LogP contribution in [0, 0.1) is 0 Å². The van der Waals surface area contributed by atoms with Crippen LogP contribution < -0.4 is 5.32 Å². The van der Waals surface area contributed by atoms with E-state index < -0.39 is 0 Å². The van der Waals surface area contributed by atoms with E-state index in [1.807, 2.05) is 11.9 Å². The molecule has 0 radical (unpaired) electrons. The van der Waals surface area contributed by atoms with Gasteiger partial charge >= 0.3 is 0 Å². The molecular formula is C12H25N3O. The Hall–Kier alpha value is -0.610. The number of nitrogens with one attached hydrogen (secondary N) is 1. The van der Waals surface area contributed by atoms with Crippen molar-refractivity contribution in [2.75, 3.05) is 33.2 Å². The molecule has 1 aliphatic rings. The molecule has 0 spiro atoms. The van der Waals surface area contributed by atoms with Crippen molar-refractivity contribution < 1.29 is 4.79 Å². The average molecular weight is 227 g/mol. The summed E-state index contributed by atoms with van der Waals surface area (Å²) in [4.78, 5) is 16.2. The van der Waals surface area contributed by atoms with Gasteiger partial charge in [0.2, 0.25) is 5.91 Å². The van der Waals surface area contributed by atoms with E-state index in [2.05, 4.69) is 37.9 Å². The molecule has 0 atom stereocenters. The van der Waals surface area contributed by atoms with E-state index in [1.165, 1.54) is 0 Å². The highest BCUT2D eigenvalue weighted by atomic mass is 16.2. The third kappa shape index (κ3) is 2.95. The van der Waals surface area contributed by atoms with Gasteiger partial charge < -0.3 is 10.2 Å². The normalized spacial score (nSPS) is 19.6. The monoisotopic (exact) mass is 227 g/mol. The van der Waals surface area contributed by atoms with Gasteiger partial charge in [0.25, 0.3) is 0 Å². The van der Waals surface area contributed by atoms with Crippen LogP contribution in [0.15, 0.2) is 0 Å². The number of hydrogen-bond acceptors (Lipinski definition) is 3. The lowest BCUT2D eigenvalue weighted by Gasteiger charge is -2.44. The first kappa shape index (κ1) is 13.5. The fourth-order valence-electron chi connectivity index (χ4n) is 2.29. The SMILES string of the molecule is CNCC(C)(C)N1CCN(C(C)C)C(=O)C1. The van der Waals surface area contributed by atoms with E-state index in [-0.39, 0.29) is 11.4 Å². The quantitative estimate of drug-likeness (QED) is 0.761. The van der Waals surface area contributed by atoms with Gasteiger partial charge in [0.15, 0.2) is 0 Å². The summed E-state index contributed by atoms with van der Waals surface area (Å²) in [6, 6.07) is 0.321. The lowest BCUT2D eigenvalue weighted by atomic mass is 10.0. The highest BCUT2D eigenvalue weighted by molar-refractivity contribution is 5.79. The van der Waals surface area contributed by atoms with Crippen molar-refractivity contribution in [2.45, 2.75) is 39.3 Å². The van der Waals surface area contributed by atoms with E-state index in [9.17, 15) is 4.79 Å². The van der Waals surface area contributed by atoms with E-state index in [4.69, 9.17) is 0 Å². The number of rotatable bonds is 4. The molecule has 1 N–H and O–H groups in total. The molecule has 94 valence electrons. The number of piperazine rings is 1. The molecule has 0 aromatic rings. The molecule has 16 heavy (non-hydrogen) atoms. The average Bonchev–Trinajstić information content (AvgIpc) is 2.16. The fraction of sp³-hybridized carbons (Fsp3) is 0.917. The minimum Gasteiger partial charge on any atom is -0.338 e. The number of carbonyl (C=O) groups excluding carboxylic acids is 1. The molecule has 0 aromatic heterocycles. The highest BCUT2D eigenvalue weighted by Crippen LogP contribution is 2.17. The van der Waals surface area contributed by atoms with E-state index in [1.54, 1.807) is 0 Å². The molecule has 0 bridgehead atoms. The second-order valence-corrected chi connectivity index (χ2v) is 5.45. The topological polar surface area (TPSA) is 35.6 Å². The first-order valence-corrected chi connectivity index (χ1v) is 6.07. The smallest absolute Gasteiger partial charge is 0.237 e. The summed E-state index contributed by atoms with van der Waals surface area (Å²) in [5.74, 6) is 0.255. The molecule has 1 rings (SSSR count). The van der Waals surface area contributed by atoms with Crippen LogP contribution in [0.5, 0.6) is 0 Å². The predicted molar refractivity (Wildman–Crippen MR) is 66.4 cm³/mol. The second kappa shape index (κ2) is 5.15. The minimum absolute atomic E-state index is 0.0491. The maximum Gasteiger partial charge on any atom is 0.237 e. The molecule has 0 aromatic carbocycles. The van der Waals surface area contributed by atoms with Crippen LogP contribution in [0.2, 0.25) is 0 Å². The van der Waals surface area contributed by atoms with Crippen molar-refractivity contribution in [2.24, 2.45) is 0 Å². The van der Waals surface area contributed by atoms with Crippen LogP contribution in [0.25, 0.3) is 0 Å². The van der Waals surface area contributed by atoms with Gasteiger partial charge in [-0.05, 0) is 34.7 Å². The van der Waals surface area contributed by atoms with E-state index in [0.29, 0.717) is 12.6 Å². The lowest BCUT2D eigenvalue weighted by molar-refractivity contribution is -0.140. The number of amides is 1. The van der Waals surface area contributed by atoms with Crippen molar-refractivity contribution in [1.82, 2.24) is 15.1 Å². The van der Waals surface area contributed by atoms with Crippen molar-refractivity contribution in [3.8, 4) is 0 Å². The Balaban J connectivity index is 2.60. The van der Waals surface area contributed by atoms with Gasteiger partial charge in [-0.3, -0.25) is 9.69 Å². The predicted octanol–water partition coefficient (Wildman–Crippen LogP) is 0.537. The fourth-order valence-corrected chi connectivity index (χ4v) is 2.29. The summed E-state index contributed by atoms with van der Waals surface area (Å²) in [5.41, 5.74) is 0.0491. The molecular weight excluding hydrogens is 202 g/mol. The molecule has 4 nitrogen and oxygen atoms in total. The Morgan fingerprint density at radius 3 is 2.44 bits per heavy atom. The third-order valence-corrected chi connectivity index (χ3v) is 3.35. The summed E-state index contributed by atoms with van der Waals surface area (Å²) in [6.45, 7) is 11.8. The van der Waals surface area contributed by atoms with E-state index in [0.717, 1.165) is 19.6 Å². The zero-order chi connectivity index (χ0) is 12.3. The first-order chi connectivity index (χ1) is 7.38. The van der Waals surface area contributed by atoms with Gasteiger partial charge in [-0.25, -0.2) is 0 Å². The van der Waals surface area contributed by atoms with Gasteiger partial charge in [0.1, 0.15) is 0 Å². The maximum absolute atomic E-state index is 12.0. The summed E-state index contributed by atoms with van der Waals surface area (Å²) in [5, 5.41) is 3.19. The summed E-state index contributed by atoms with van der Waals surface area (Å²) >= 11 is 0. The Morgan fingerprint density at radius 2 is 2.00 bits per heavy atom. The zero-order valence-corrected chi connectivity index (χ0v) is 11.2. The number of carbonyl (C=O) groups is 1. The third-order valence-electron chi connectivity index (χ3n) is 3.35. The van der Waals surface area contributed by atoms with Crippen LogP contribution in [-0.4, -0.2) is 60.5 Å². The van der Waals surface area contributed by atoms with Crippen molar-refractivity contribution in [3.63, 3.8) is 0 Å². The summed E-state index contributed by atoms with van der Waals surface area (Å²) in [6.07, 6.45) is 0. The molecule has 1 aliphatic heterocycles. The number of likely N-dealkylation sites (N-methyl/N-ethyl adjacent to an activating group) is 1. The largest absolute Gasteiger partial charge is 0.338 e. The Kier molecular flexibility index (Phi) is 4.33. The van der Waals surface area contributed by atoms with Crippen molar-refractivity contribution in [1.29, 1.82) is 0 Å². The van der Waals surface area contributed by atoms with Gasteiger partial charge in [0, 0.05) is 31.2 Å². The molecule has 1 heterocycles. The maximum atomic E-state index is 12.0. The minimum atomic E-state index is 0.0491. The Labute approximate surface area is 99.0 Å². The van der Waals surface area contributed by atoms with Crippen LogP contribution >= 0.6 is 0 Å². The van der Waals surface area contributed by atoms with Crippen LogP contribution in [0.4, 0.5) is 0 Å². The van der Waals surface area contributed by atoms with Gasteiger partial charge in [-0.2, -0.15) is 0 Å². The standard InChI is InChI=1S/C12H25N3O/c1-10(2)15-7-6-14(8-11(15)16)12(3,4)9-13-5/h10,13H,6-9H2,1-5H3. The van der Waals surface area contributed by atoms with Gasteiger partial charge in [-0.1, -0.05) is 0 Å². The lowest BCUT2D eigenvalue weighted by Crippen LogP contribution is -2.60. The van der Waals surface area contributed by atoms with Gasteiger partial charge in [-0.15, -0.1) is 0 Å². The van der Waals surface area contributed by atoms with Crippen LogP contribution in [-0.2, 0) is 4.79 Å². The molecule has 4 heteroatoms. The van der Waals surface area contributed by atoms with Crippen molar-refractivity contribution in [3.05, 3.63) is 0 Å². The molecule has 0 aliphatic carbocycles. The van der Waals surface area contributed by atoms with E-state index >= 15 is 0 Å². The molecule has 1 fully saturated rings. The molecule has 0 saturated carbocycles. The second-order valence-electron chi connectivity index (χ2n) is 5.45. The zero-order valence-electron chi connectivity index (χ0n) is 11.2. The highest BCUT2D eigenvalue weighted by Gasteiger charge is 2.33. The summed E-state index contributed by atoms with van der Waals surface area (Å²) in [7, 11) is 1.95. The summed E-state index contributed by atoms with van der Waals surface area (Å²) < 4.78 is 0. The van der Waals surface area contributed by atoms with Crippen LogP contribution in [0.1, 0.15) is 27.7 Å². The number of nitrogens with zero attached hydrogens (tertiary/aromatic N) is 2. The van der Waals surface area contributed by atoms with Crippen LogP contribution in [0.3, 0.4) is 0 Å². The molecule has 0 unspecified atom stereocenters. The van der Waals surface area contributed by atoms with Crippen molar-refractivity contribution >= 4 is 5.91 Å². The Bertz CT molecular complexity index is 251. The Morgan fingerprint density at radius 1 is 1.38 bits per heavy atom. The number of hydrogen-bond donors (Lipinski definition) is 1. The molecule has 1 amide bonds.